The monoisotopic (exact) mass is 262 g/mol. The van der Waals surface area contributed by atoms with Gasteiger partial charge in [0.05, 0.1) is 13.2 Å². The van der Waals surface area contributed by atoms with Crippen LogP contribution in [0.3, 0.4) is 0 Å². The summed E-state index contributed by atoms with van der Waals surface area (Å²) in [6.45, 7) is 8.09. The molecule has 4 heteroatoms. The third kappa shape index (κ3) is 3.26. The topological polar surface area (TPSA) is 41.6 Å². The summed E-state index contributed by atoms with van der Waals surface area (Å²) < 4.78 is 5.44. The minimum absolute atomic E-state index is 0.00873. The predicted octanol–water partition coefficient (Wildman–Crippen LogP) is 2.17. The van der Waals surface area contributed by atoms with Gasteiger partial charge in [-0.25, -0.2) is 0 Å². The van der Waals surface area contributed by atoms with Gasteiger partial charge >= 0.3 is 0 Å². The molecule has 0 aromatic heterocycles. The second-order valence-electron chi connectivity index (χ2n) is 5.23. The van der Waals surface area contributed by atoms with Crippen LogP contribution in [0.15, 0.2) is 24.3 Å². The van der Waals surface area contributed by atoms with E-state index in [1.807, 2.05) is 36.1 Å². The van der Waals surface area contributed by atoms with Gasteiger partial charge in [0.1, 0.15) is 11.9 Å². The molecule has 0 bridgehead atoms. The first-order chi connectivity index (χ1) is 9.11. The zero-order valence-corrected chi connectivity index (χ0v) is 11.8. The number of nitrogens with zero attached hydrogens (tertiary/aromatic N) is 1. The Hall–Kier alpha value is -1.55. The molecular formula is C15H22N2O2. The summed E-state index contributed by atoms with van der Waals surface area (Å²) in [7, 11) is 0. The molecule has 1 aliphatic rings. The Morgan fingerprint density at radius 3 is 2.63 bits per heavy atom. The molecular weight excluding hydrogens is 240 g/mol. The molecule has 1 N–H and O–H groups in total. The largest absolute Gasteiger partial charge is 0.494 e. The summed E-state index contributed by atoms with van der Waals surface area (Å²) in [4.78, 5) is 13.8. The van der Waals surface area contributed by atoms with Crippen LogP contribution in [-0.4, -0.2) is 30.5 Å². The summed E-state index contributed by atoms with van der Waals surface area (Å²) in [5.41, 5.74) is 1.11. The van der Waals surface area contributed by atoms with Crippen molar-refractivity contribution >= 4 is 5.91 Å². The molecule has 1 heterocycles. The van der Waals surface area contributed by atoms with Gasteiger partial charge in [-0.15, -0.1) is 0 Å². The maximum atomic E-state index is 11.9. The highest BCUT2D eigenvalue weighted by molar-refractivity contribution is 5.81. The molecule has 1 unspecified atom stereocenters. The van der Waals surface area contributed by atoms with Gasteiger partial charge in [0, 0.05) is 6.54 Å². The molecule has 1 atom stereocenters. The van der Waals surface area contributed by atoms with Crippen LogP contribution in [0.2, 0.25) is 0 Å². The number of amides is 1. The van der Waals surface area contributed by atoms with Crippen LogP contribution in [0, 0.1) is 5.92 Å². The number of carbonyl (C=O) groups excluding carboxylic acids is 1. The van der Waals surface area contributed by atoms with E-state index in [1.165, 1.54) is 0 Å². The van der Waals surface area contributed by atoms with Gasteiger partial charge in [0.2, 0.25) is 5.91 Å². The smallest absolute Gasteiger partial charge is 0.238 e. The third-order valence-electron chi connectivity index (χ3n) is 3.15. The van der Waals surface area contributed by atoms with Crippen molar-refractivity contribution in [2.24, 2.45) is 5.92 Å². The van der Waals surface area contributed by atoms with E-state index in [1.54, 1.807) is 0 Å². The van der Waals surface area contributed by atoms with E-state index in [9.17, 15) is 4.79 Å². The lowest BCUT2D eigenvalue weighted by Crippen LogP contribution is -2.33. The molecule has 1 aromatic rings. The van der Waals surface area contributed by atoms with Gasteiger partial charge in [0.25, 0.3) is 0 Å². The molecule has 1 aromatic carbocycles. The maximum absolute atomic E-state index is 11.9. The minimum Gasteiger partial charge on any atom is -0.494 e. The number of ether oxygens (including phenoxy) is 1. The second kappa shape index (κ2) is 6.06. The quantitative estimate of drug-likeness (QED) is 0.884. The maximum Gasteiger partial charge on any atom is 0.238 e. The van der Waals surface area contributed by atoms with Crippen LogP contribution in [0.25, 0.3) is 0 Å². The van der Waals surface area contributed by atoms with Crippen molar-refractivity contribution in [2.45, 2.75) is 26.9 Å². The highest BCUT2D eigenvalue weighted by Crippen LogP contribution is 2.25. The molecule has 0 radical (unpaired) electrons. The van der Waals surface area contributed by atoms with Crippen LogP contribution >= 0.6 is 0 Å². The Balaban J connectivity index is 2.13. The van der Waals surface area contributed by atoms with Gasteiger partial charge in [-0.05, 0) is 30.5 Å². The van der Waals surface area contributed by atoms with Gasteiger partial charge in [-0.2, -0.15) is 0 Å². The van der Waals surface area contributed by atoms with Crippen LogP contribution in [-0.2, 0) is 4.79 Å². The summed E-state index contributed by atoms with van der Waals surface area (Å²) in [6, 6.07) is 7.96. The van der Waals surface area contributed by atoms with E-state index in [-0.39, 0.29) is 12.1 Å². The third-order valence-corrected chi connectivity index (χ3v) is 3.15. The number of benzene rings is 1. The molecule has 1 saturated heterocycles. The molecule has 4 nitrogen and oxygen atoms in total. The van der Waals surface area contributed by atoms with E-state index in [0.29, 0.717) is 19.1 Å². The van der Waals surface area contributed by atoms with Gasteiger partial charge < -0.3 is 9.64 Å². The Labute approximate surface area is 114 Å². The molecule has 0 aliphatic carbocycles. The van der Waals surface area contributed by atoms with E-state index in [2.05, 4.69) is 19.2 Å². The molecule has 104 valence electrons. The summed E-state index contributed by atoms with van der Waals surface area (Å²) >= 11 is 0. The van der Waals surface area contributed by atoms with E-state index >= 15 is 0 Å². The van der Waals surface area contributed by atoms with Crippen molar-refractivity contribution in [1.29, 1.82) is 0 Å². The second-order valence-corrected chi connectivity index (χ2v) is 5.23. The highest BCUT2D eigenvalue weighted by atomic mass is 16.5. The fourth-order valence-electron chi connectivity index (χ4n) is 2.35. The molecule has 0 saturated carbocycles. The number of hydrogen-bond acceptors (Lipinski definition) is 3. The number of hydrogen-bond donors (Lipinski definition) is 1. The van der Waals surface area contributed by atoms with Crippen LogP contribution < -0.4 is 10.1 Å². The Morgan fingerprint density at radius 1 is 1.37 bits per heavy atom. The Morgan fingerprint density at radius 2 is 2.05 bits per heavy atom. The van der Waals surface area contributed by atoms with Gasteiger partial charge in [-0.1, -0.05) is 26.0 Å². The first-order valence-electron chi connectivity index (χ1n) is 6.87. The van der Waals surface area contributed by atoms with Crippen molar-refractivity contribution in [2.75, 3.05) is 19.7 Å². The first-order valence-corrected chi connectivity index (χ1v) is 6.87. The van der Waals surface area contributed by atoms with Crippen molar-refractivity contribution in [3.05, 3.63) is 29.8 Å². The van der Waals surface area contributed by atoms with Crippen molar-refractivity contribution in [3.8, 4) is 5.75 Å². The average molecular weight is 262 g/mol. The number of carbonyl (C=O) groups is 1. The molecule has 1 amide bonds. The van der Waals surface area contributed by atoms with Crippen molar-refractivity contribution < 1.29 is 9.53 Å². The van der Waals surface area contributed by atoms with E-state index in [0.717, 1.165) is 17.9 Å². The number of rotatable bonds is 5. The van der Waals surface area contributed by atoms with Gasteiger partial charge in [0.15, 0.2) is 0 Å². The molecule has 2 rings (SSSR count). The lowest BCUT2D eigenvalue weighted by molar-refractivity contribution is -0.128. The SMILES string of the molecule is CCOc1ccc(C2NCC(=O)N2CC(C)C)cc1. The predicted molar refractivity (Wildman–Crippen MR) is 74.9 cm³/mol. The fourth-order valence-corrected chi connectivity index (χ4v) is 2.35. The standard InChI is InChI=1S/C15H22N2O2/c1-4-19-13-7-5-12(6-8-13)15-16-9-14(18)17(15)10-11(2)3/h5-8,11,15-16H,4,9-10H2,1-3H3. The summed E-state index contributed by atoms with van der Waals surface area (Å²) in [5.74, 6) is 1.51. The van der Waals surface area contributed by atoms with E-state index in [4.69, 9.17) is 4.74 Å². The summed E-state index contributed by atoms with van der Waals surface area (Å²) in [6.07, 6.45) is -0.00873. The molecule has 1 fully saturated rings. The normalized spacial score (nSPS) is 19.3. The van der Waals surface area contributed by atoms with Crippen LogP contribution in [0.1, 0.15) is 32.5 Å². The highest BCUT2D eigenvalue weighted by Gasteiger charge is 2.31. The lowest BCUT2D eigenvalue weighted by atomic mass is 10.1. The first kappa shape index (κ1) is 13.9. The Bertz CT molecular complexity index is 428. The van der Waals surface area contributed by atoms with Crippen molar-refractivity contribution in [1.82, 2.24) is 10.2 Å². The zero-order chi connectivity index (χ0) is 13.8. The molecule has 0 spiro atoms. The number of nitrogens with one attached hydrogen (secondary N) is 1. The van der Waals surface area contributed by atoms with Crippen LogP contribution in [0.5, 0.6) is 5.75 Å². The van der Waals surface area contributed by atoms with Crippen molar-refractivity contribution in [3.63, 3.8) is 0 Å². The average Bonchev–Trinajstić information content (AvgIpc) is 2.72. The van der Waals surface area contributed by atoms with Gasteiger partial charge in [-0.3, -0.25) is 10.1 Å². The minimum atomic E-state index is -0.00873. The fraction of sp³-hybridized carbons (Fsp3) is 0.533. The summed E-state index contributed by atoms with van der Waals surface area (Å²) in [5, 5.41) is 3.27. The lowest BCUT2D eigenvalue weighted by Gasteiger charge is -2.26. The Kier molecular flexibility index (Phi) is 4.43. The molecule has 1 aliphatic heterocycles. The zero-order valence-electron chi connectivity index (χ0n) is 11.8. The van der Waals surface area contributed by atoms with Crippen LogP contribution in [0.4, 0.5) is 0 Å². The van der Waals surface area contributed by atoms with E-state index < -0.39 is 0 Å². The molecule has 19 heavy (non-hydrogen) atoms.